The molecular weight excluding hydrogens is 1150 g/mol. The fourth-order valence-electron chi connectivity index (χ4n) is 8.33. The standard InChI is InChI=1S/C47H49N10O.C7H6O2.2ClHO4.2Fe/c1-52-25-39(48-44(52)35-17-9-5-10-18-35)29-56(30-40-26-53(2)45(49-40)36-19-11-6-12-20-36)33-43(58)34-57(31-41-27-54(3)46(50-41)37-21-13-7-14-22-37)32-42-28-55(4)47(51-42)38-23-15-8-16-24-38;8-7(9)6-4-2-1-3-5-6;2*2-1(3,4)5;;/h5-28,43H,29-34H2,1-4H3;1-5H,(H,8,9);2*(H,2,3,4,5);;/q-1;;;;2*+3/p-3. The van der Waals surface area contributed by atoms with Gasteiger partial charge in [0.15, 0.2) is 0 Å². The Balaban J connectivity index is 0.000000546. The van der Waals surface area contributed by atoms with Gasteiger partial charge in [-0.2, -0.15) is 0 Å². The summed E-state index contributed by atoms with van der Waals surface area (Å²) < 4.78 is 76.2. The number of carboxylic acid groups (broad SMARTS) is 1. The molecule has 0 fully saturated rings. The number of aryl methyl sites for hydroxylation is 4. The molecule has 0 atom stereocenters. The molecule has 0 aliphatic carbocycles. The zero-order chi connectivity index (χ0) is 55.7. The predicted molar refractivity (Wildman–Crippen MR) is 257 cm³/mol. The van der Waals surface area contributed by atoms with E-state index in [1.807, 2.05) is 101 Å². The minimum atomic E-state index is -4.94. The van der Waals surface area contributed by atoms with Crippen LogP contribution in [0, 0.1) is 20.5 Å². The normalized spacial score (nSPS) is 11.1. The van der Waals surface area contributed by atoms with Crippen LogP contribution in [0.4, 0.5) is 0 Å². The fourth-order valence-corrected chi connectivity index (χ4v) is 8.33. The van der Waals surface area contributed by atoms with E-state index in [2.05, 4.69) is 101 Å². The topological polar surface area (TPSA) is 325 Å². The van der Waals surface area contributed by atoms with E-state index in [0.29, 0.717) is 39.3 Å². The molecule has 0 saturated heterocycles. The van der Waals surface area contributed by atoms with Crippen molar-refractivity contribution in [2.75, 3.05) is 13.1 Å². The van der Waals surface area contributed by atoms with E-state index in [0.717, 1.165) is 68.3 Å². The molecule has 0 saturated carbocycles. The molecule has 0 unspecified atom stereocenters. The number of halogens is 2. The number of benzene rings is 5. The molecule has 79 heavy (non-hydrogen) atoms. The summed E-state index contributed by atoms with van der Waals surface area (Å²) >= 11 is 0. The fraction of sp³-hybridized carbons (Fsp3) is 0.204. The van der Waals surface area contributed by atoms with E-state index in [1.54, 1.807) is 18.2 Å². The smallest absolute Gasteiger partial charge is 0.850 e. The van der Waals surface area contributed by atoms with Gasteiger partial charge in [-0.05, 0) is 18.7 Å². The third kappa shape index (κ3) is 22.0. The Morgan fingerprint density at radius 3 is 0.810 bits per heavy atom. The Kier molecular flexibility index (Phi) is 25.4. The van der Waals surface area contributed by atoms with Crippen LogP contribution in [0.15, 0.2) is 176 Å². The van der Waals surface area contributed by atoms with Crippen molar-refractivity contribution in [3.8, 4) is 45.6 Å². The molecular formula is C54H54Cl2Fe2N10O11+2. The monoisotopic (exact) mass is 1200 g/mol. The molecule has 4 heterocycles. The Hall–Kier alpha value is -6.41. The third-order valence-corrected chi connectivity index (χ3v) is 11.3. The van der Waals surface area contributed by atoms with Crippen LogP contribution in [0.25, 0.3) is 45.6 Å². The van der Waals surface area contributed by atoms with Crippen LogP contribution >= 0.6 is 0 Å². The Morgan fingerprint density at radius 2 is 0.620 bits per heavy atom. The Labute approximate surface area is 482 Å². The van der Waals surface area contributed by atoms with Gasteiger partial charge in [0.2, 0.25) is 0 Å². The van der Waals surface area contributed by atoms with Crippen LogP contribution in [-0.2, 0) is 88.5 Å². The van der Waals surface area contributed by atoms with Crippen LogP contribution in [0.1, 0.15) is 33.1 Å². The quantitative estimate of drug-likeness (QED) is 0.0835. The van der Waals surface area contributed by atoms with Crippen molar-refractivity contribution < 1.29 is 107 Å². The van der Waals surface area contributed by atoms with E-state index in [-0.39, 0.29) is 39.7 Å². The summed E-state index contributed by atoms with van der Waals surface area (Å²) in [5.74, 6) is 2.43. The molecule has 0 aliphatic heterocycles. The molecule has 9 aromatic rings. The number of carbonyl (C=O) groups is 1. The van der Waals surface area contributed by atoms with Gasteiger partial charge in [-0.1, -0.05) is 152 Å². The van der Waals surface area contributed by atoms with Gasteiger partial charge in [0.05, 0.1) is 28.7 Å². The average molecular weight is 1200 g/mol. The summed E-state index contributed by atoms with van der Waals surface area (Å²) in [5.41, 5.74) is 8.00. The largest absolute Gasteiger partial charge is 3.00 e. The van der Waals surface area contributed by atoms with E-state index >= 15 is 0 Å². The minimum absolute atomic E-state index is 0. The SMILES string of the molecule is Cn1cc(CN(Cc2cn(C)c(-c3ccccc3)n2)CC([O-])CN(Cc2cn(C)c(-c3ccccc3)n2)Cc2cn(C)c(-c3ccccc3)n2)nc1-c1ccccc1.O=C([O-])c1ccccc1.[Fe+3].[Fe+3].[O-][Cl+3]([O-])([O-])[O-].[O-][Cl+3]([O-])([O-])[O-]. The van der Waals surface area contributed by atoms with E-state index in [9.17, 15) is 15.0 Å². The Morgan fingerprint density at radius 1 is 0.418 bits per heavy atom. The molecule has 2 radical (unpaired) electrons. The van der Waals surface area contributed by atoms with Crippen molar-refractivity contribution in [3.05, 3.63) is 205 Å². The summed E-state index contributed by atoms with van der Waals surface area (Å²) in [5, 5.41) is 24.6. The first-order chi connectivity index (χ1) is 36.6. The summed E-state index contributed by atoms with van der Waals surface area (Å²) in [6, 6.07) is 48.8. The first-order valence-electron chi connectivity index (χ1n) is 23.5. The number of nitrogens with zero attached hydrogens (tertiary/aromatic N) is 10. The Bertz CT molecular complexity index is 2850. The second-order valence-corrected chi connectivity index (χ2v) is 19.0. The van der Waals surface area contributed by atoms with Crippen LogP contribution in [0.3, 0.4) is 0 Å². The number of aromatic carboxylic acids is 1. The second kappa shape index (κ2) is 30.8. The number of rotatable bonds is 17. The van der Waals surface area contributed by atoms with Crippen LogP contribution in [0.2, 0.25) is 0 Å². The van der Waals surface area contributed by atoms with Crippen molar-refractivity contribution in [2.24, 2.45) is 28.2 Å². The van der Waals surface area contributed by atoms with Gasteiger partial charge in [-0.3, -0.25) is 9.80 Å². The molecule has 4 aromatic heterocycles. The van der Waals surface area contributed by atoms with Gasteiger partial charge in [-0.15, -0.1) is 26.6 Å². The van der Waals surface area contributed by atoms with Gasteiger partial charge in [0, 0.05) is 101 Å². The van der Waals surface area contributed by atoms with Crippen molar-refractivity contribution in [1.82, 2.24) is 48.0 Å². The average Bonchev–Trinajstić information content (AvgIpc) is 4.18. The molecule has 5 aromatic carbocycles. The number of carbonyl (C=O) groups excluding carboxylic acids is 1. The van der Waals surface area contributed by atoms with Crippen LogP contribution < -0.4 is 47.5 Å². The molecule has 414 valence electrons. The summed E-state index contributed by atoms with van der Waals surface area (Å²) in [6.45, 7) is 2.58. The van der Waals surface area contributed by atoms with Crippen molar-refractivity contribution in [3.63, 3.8) is 0 Å². The maximum atomic E-state index is 14.5. The van der Waals surface area contributed by atoms with Gasteiger partial charge in [0.25, 0.3) is 0 Å². The second-order valence-electron chi connectivity index (χ2n) is 17.5. The summed E-state index contributed by atoms with van der Waals surface area (Å²) in [4.78, 5) is 34.6. The third-order valence-electron chi connectivity index (χ3n) is 11.3. The van der Waals surface area contributed by atoms with Gasteiger partial charge >= 0.3 is 34.1 Å². The van der Waals surface area contributed by atoms with E-state index in [1.165, 1.54) is 12.1 Å². The van der Waals surface area contributed by atoms with Crippen LogP contribution in [-0.4, -0.2) is 73.2 Å². The zero-order valence-electron chi connectivity index (χ0n) is 43.0. The molecule has 9 rings (SSSR count). The molecule has 25 heteroatoms. The van der Waals surface area contributed by atoms with Crippen molar-refractivity contribution in [1.29, 1.82) is 0 Å². The zero-order valence-corrected chi connectivity index (χ0v) is 46.7. The maximum absolute atomic E-state index is 14.5. The minimum Gasteiger partial charge on any atom is -0.850 e. The predicted octanol–water partition coefficient (Wildman–Crippen LogP) is -2.74. The van der Waals surface area contributed by atoms with Crippen molar-refractivity contribution >= 4 is 5.97 Å². The molecule has 0 bridgehead atoms. The molecule has 21 nitrogen and oxygen atoms in total. The maximum Gasteiger partial charge on any atom is 3.00 e. The number of hydrogen-bond acceptors (Lipinski definition) is 17. The summed E-state index contributed by atoms with van der Waals surface area (Å²) in [6.07, 6.45) is 7.29. The first kappa shape index (κ1) is 65.1. The van der Waals surface area contributed by atoms with Gasteiger partial charge in [-0.25, -0.2) is 57.2 Å². The molecule has 0 N–H and O–H groups in total. The van der Waals surface area contributed by atoms with Gasteiger partial charge < -0.3 is 33.3 Å². The first-order valence-corrected chi connectivity index (χ1v) is 25.9. The summed E-state index contributed by atoms with van der Waals surface area (Å²) in [7, 11) is -1.82. The number of aromatic nitrogens is 8. The van der Waals surface area contributed by atoms with Gasteiger partial charge in [0.1, 0.15) is 23.3 Å². The van der Waals surface area contributed by atoms with Crippen LogP contribution in [0.5, 0.6) is 0 Å². The molecule has 0 spiro atoms. The van der Waals surface area contributed by atoms with E-state index in [4.69, 9.17) is 57.2 Å². The number of carboxylic acids is 1. The molecule has 0 amide bonds. The van der Waals surface area contributed by atoms with Crippen molar-refractivity contribution in [2.45, 2.75) is 32.3 Å². The van der Waals surface area contributed by atoms with E-state index < -0.39 is 32.6 Å². The number of hydrogen-bond donors (Lipinski definition) is 0. The number of imidazole rings is 4. The molecule has 0 aliphatic rings.